The van der Waals surface area contributed by atoms with Crippen LogP contribution in [0.3, 0.4) is 0 Å². The molecular formula is C44H40N4S. The van der Waals surface area contributed by atoms with E-state index in [0.29, 0.717) is 17.8 Å². The molecule has 2 aromatic heterocycles. The van der Waals surface area contributed by atoms with Crippen LogP contribution in [0.1, 0.15) is 72.8 Å². The summed E-state index contributed by atoms with van der Waals surface area (Å²) in [6.07, 6.45) is 31.5. The van der Waals surface area contributed by atoms with Crippen molar-refractivity contribution in [2.45, 2.75) is 62.9 Å². The van der Waals surface area contributed by atoms with Gasteiger partial charge < -0.3 is 5.32 Å². The minimum atomic E-state index is -0.210. The number of thiophene rings is 1. The zero-order chi connectivity index (χ0) is 32.6. The predicted molar refractivity (Wildman–Crippen MR) is 206 cm³/mol. The van der Waals surface area contributed by atoms with Gasteiger partial charge in [0.15, 0.2) is 6.17 Å². The van der Waals surface area contributed by atoms with Crippen molar-refractivity contribution in [3.63, 3.8) is 0 Å². The highest BCUT2D eigenvalue weighted by atomic mass is 32.1. The molecule has 0 saturated carbocycles. The molecule has 4 nitrogen and oxygen atoms in total. The van der Waals surface area contributed by atoms with Crippen molar-refractivity contribution in [2.75, 3.05) is 0 Å². The lowest BCUT2D eigenvalue weighted by atomic mass is 9.67. The third-order valence-electron chi connectivity index (χ3n) is 10.8. The molecule has 4 aliphatic carbocycles. The van der Waals surface area contributed by atoms with Gasteiger partial charge in [0.25, 0.3) is 0 Å². The summed E-state index contributed by atoms with van der Waals surface area (Å²) in [4.78, 5) is 16.4. The van der Waals surface area contributed by atoms with Crippen molar-refractivity contribution >= 4 is 39.2 Å². The Kier molecular flexibility index (Phi) is 8.14. The summed E-state index contributed by atoms with van der Waals surface area (Å²) in [7, 11) is 0. The molecule has 0 fully saturated rings. The number of nitrogens with zero attached hydrogens (tertiary/aromatic N) is 3. The lowest BCUT2D eigenvalue weighted by Crippen LogP contribution is -2.40. The van der Waals surface area contributed by atoms with Crippen LogP contribution in [0.4, 0.5) is 0 Å². The molecule has 0 bridgehead atoms. The Morgan fingerprint density at radius 1 is 0.735 bits per heavy atom. The lowest BCUT2D eigenvalue weighted by molar-refractivity contribution is 0.339. The van der Waals surface area contributed by atoms with Crippen LogP contribution in [-0.2, 0) is 0 Å². The second-order valence-corrected chi connectivity index (χ2v) is 14.8. The van der Waals surface area contributed by atoms with E-state index >= 15 is 0 Å². The second kappa shape index (κ2) is 13.2. The first-order valence-corrected chi connectivity index (χ1v) is 18.6. The maximum atomic E-state index is 5.34. The van der Waals surface area contributed by atoms with Gasteiger partial charge in [-0.15, -0.1) is 11.3 Å². The second-order valence-electron chi connectivity index (χ2n) is 13.7. The number of pyridine rings is 1. The van der Waals surface area contributed by atoms with Gasteiger partial charge in [0.05, 0.1) is 0 Å². The number of allylic oxidation sites excluding steroid dienone is 7. The van der Waals surface area contributed by atoms with Crippen molar-refractivity contribution in [3.05, 3.63) is 154 Å². The molecule has 4 aromatic rings. The first kappa shape index (κ1) is 30.2. The Morgan fingerprint density at radius 3 is 2.45 bits per heavy atom. The van der Waals surface area contributed by atoms with Gasteiger partial charge in [-0.3, -0.25) is 4.98 Å². The minimum absolute atomic E-state index is 0.210. The average molecular weight is 657 g/mol. The molecule has 9 rings (SSSR count). The quantitative estimate of drug-likeness (QED) is 0.225. The van der Waals surface area contributed by atoms with E-state index in [2.05, 4.69) is 120 Å². The topological polar surface area (TPSA) is 49.6 Å². The molecule has 49 heavy (non-hydrogen) atoms. The smallest absolute Gasteiger partial charge is 0.169 e. The van der Waals surface area contributed by atoms with Crippen molar-refractivity contribution in [1.82, 2.24) is 10.3 Å². The van der Waals surface area contributed by atoms with Crippen LogP contribution in [0.15, 0.2) is 148 Å². The summed E-state index contributed by atoms with van der Waals surface area (Å²) < 4.78 is 1.39. The number of hydrogen-bond acceptors (Lipinski definition) is 5. The van der Waals surface area contributed by atoms with E-state index in [1.807, 2.05) is 29.8 Å². The number of benzene rings is 2. The number of aliphatic imine (C=N–C) groups is 2. The van der Waals surface area contributed by atoms with E-state index in [0.717, 1.165) is 62.2 Å². The summed E-state index contributed by atoms with van der Waals surface area (Å²) in [5.74, 6) is 3.26. The fourth-order valence-electron chi connectivity index (χ4n) is 8.27. The van der Waals surface area contributed by atoms with Crippen LogP contribution in [0.5, 0.6) is 0 Å². The lowest BCUT2D eigenvalue weighted by Gasteiger charge is -2.39. The molecule has 5 aliphatic rings. The fourth-order valence-corrected chi connectivity index (χ4v) is 9.65. The molecule has 0 spiro atoms. The number of nitrogens with one attached hydrogen (secondary N) is 1. The highest BCUT2D eigenvalue weighted by Gasteiger charge is 2.38. The molecule has 242 valence electrons. The van der Waals surface area contributed by atoms with Crippen LogP contribution < -0.4 is 5.32 Å². The molecule has 0 radical (unpaired) electrons. The largest absolute Gasteiger partial charge is 0.325 e. The van der Waals surface area contributed by atoms with Crippen LogP contribution in [-0.4, -0.2) is 22.8 Å². The number of amidine groups is 2. The number of aromatic nitrogens is 1. The maximum Gasteiger partial charge on any atom is 0.169 e. The van der Waals surface area contributed by atoms with E-state index in [1.165, 1.54) is 43.5 Å². The standard InChI is InChI=1S/C44H40N4S/c1-3-11-31(12-4-1)42-46-43(32-13-5-2-6-14-32)48-44(47-42)33-24-25-35(30-22-20-29(21-23-30)34-15-10-26-45-28-34)39(27-33)38-18-9-17-37-36-16-7-8-19-40(36)49-41(37)38/h1,3,5,7-11,13-17,19-24,26,28,35,38-39,43H,2,4,6,12,18,25,27H2,(H,46,47,48). The van der Waals surface area contributed by atoms with Gasteiger partial charge in [-0.25, -0.2) is 9.98 Å². The molecule has 4 atom stereocenters. The molecule has 2 aromatic carbocycles. The SMILES string of the molecule is C1=CCCC(C2=NC(C3=CCCC=C3)N=C(C3=CCC(c4ccc(-c5cccnc5)cc4)C(C4CC=Cc5c4sc4ccccc54)C3)N2)=C1. The molecule has 3 heterocycles. The van der Waals surface area contributed by atoms with E-state index < -0.39 is 0 Å². The van der Waals surface area contributed by atoms with E-state index in [1.54, 1.807) is 4.88 Å². The Balaban J connectivity index is 1.10. The molecular weight excluding hydrogens is 617 g/mol. The highest BCUT2D eigenvalue weighted by Crippen LogP contribution is 2.52. The van der Waals surface area contributed by atoms with Crippen LogP contribution >= 0.6 is 11.3 Å². The van der Waals surface area contributed by atoms with Crippen LogP contribution in [0.25, 0.3) is 27.3 Å². The summed E-state index contributed by atoms with van der Waals surface area (Å²) in [5, 5.41) is 5.15. The van der Waals surface area contributed by atoms with E-state index in [4.69, 9.17) is 9.98 Å². The Morgan fingerprint density at radius 2 is 1.63 bits per heavy atom. The molecule has 0 saturated heterocycles. The molecule has 5 heteroatoms. The average Bonchev–Trinajstić information content (AvgIpc) is 3.58. The summed E-state index contributed by atoms with van der Waals surface area (Å²) in [6.45, 7) is 0. The predicted octanol–water partition coefficient (Wildman–Crippen LogP) is 10.9. The first-order valence-electron chi connectivity index (χ1n) is 17.8. The Labute approximate surface area is 292 Å². The monoisotopic (exact) mass is 656 g/mol. The van der Waals surface area contributed by atoms with Crippen molar-refractivity contribution < 1.29 is 0 Å². The van der Waals surface area contributed by atoms with Gasteiger partial charge in [-0.05, 0) is 113 Å². The number of rotatable bonds is 6. The highest BCUT2D eigenvalue weighted by molar-refractivity contribution is 7.19. The van der Waals surface area contributed by atoms with Gasteiger partial charge in [0.1, 0.15) is 11.7 Å². The third kappa shape index (κ3) is 5.91. The molecule has 0 amide bonds. The van der Waals surface area contributed by atoms with E-state index in [-0.39, 0.29) is 6.17 Å². The summed E-state index contributed by atoms with van der Waals surface area (Å²) >= 11 is 2.00. The van der Waals surface area contributed by atoms with Crippen LogP contribution in [0.2, 0.25) is 0 Å². The van der Waals surface area contributed by atoms with Gasteiger partial charge in [-0.1, -0.05) is 103 Å². The minimum Gasteiger partial charge on any atom is -0.325 e. The summed E-state index contributed by atoms with van der Waals surface area (Å²) in [6, 6.07) is 22.4. The molecule has 1 aliphatic heterocycles. The van der Waals surface area contributed by atoms with Gasteiger partial charge >= 0.3 is 0 Å². The zero-order valence-electron chi connectivity index (χ0n) is 27.6. The van der Waals surface area contributed by atoms with Crippen molar-refractivity contribution in [2.24, 2.45) is 15.9 Å². The summed E-state index contributed by atoms with van der Waals surface area (Å²) in [5.41, 5.74) is 9.02. The molecule has 1 N–H and O–H groups in total. The maximum absolute atomic E-state index is 5.34. The van der Waals surface area contributed by atoms with Gasteiger partial charge in [0, 0.05) is 27.9 Å². The van der Waals surface area contributed by atoms with Crippen LogP contribution in [0, 0.1) is 5.92 Å². The Hall–Kier alpha value is -4.87. The zero-order valence-corrected chi connectivity index (χ0v) is 28.4. The van der Waals surface area contributed by atoms with Gasteiger partial charge in [0.2, 0.25) is 0 Å². The molecule has 4 unspecified atom stereocenters. The number of hydrogen-bond donors (Lipinski definition) is 1. The van der Waals surface area contributed by atoms with Crippen molar-refractivity contribution in [3.8, 4) is 11.1 Å². The Bertz CT molecular complexity index is 2140. The first-order chi connectivity index (χ1) is 24.3. The fraction of sp³-hybridized carbons (Fsp3) is 0.250. The number of fused-ring (bicyclic) bond motifs is 3. The normalized spacial score (nSPS) is 24.7. The van der Waals surface area contributed by atoms with Gasteiger partial charge in [-0.2, -0.15) is 0 Å². The van der Waals surface area contributed by atoms with Crippen molar-refractivity contribution in [1.29, 1.82) is 0 Å². The van der Waals surface area contributed by atoms with E-state index in [9.17, 15) is 0 Å². The third-order valence-corrected chi connectivity index (χ3v) is 12.1.